The van der Waals surface area contributed by atoms with Gasteiger partial charge in [0, 0.05) is 66.2 Å². The van der Waals surface area contributed by atoms with Crippen LogP contribution >= 0.6 is 21.6 Å². The first-order chi connectivity index (χ1) is 41.6. The van der Waals surface area contributed by atoms with Gasteiger partial charge in [0.15, 0.2) is 0 Å². The van der Waals surface area contributed by atoms with Crippen molar-refractivity contribution >= 4 is 90.5 Å². The summed E-state index contributed by atoms with van der Waals surface area (Å²) in [4.78, 5) is 124. The smallest absolute Gasteiger partial charge is 0.244 e. The summed E-state index contributed by atoms with van der Waals surface area (Å²) < 4.78 is 0. The fourth-order valence-corrected chi connectivity index (χ4v) is 12.7. The number of amides is 8. The molecule has 0 unspecified atom stereocenters. The Morgan fingerprint density at radius 3 is 1.95 bits per heavy atom. The zero-order chi connectivity index (χ0) is 61.1. The number of aromatic amines is 1. The molecule has 8 rings (SSSR count). The minimum Gasteiger partial charge on any atom is -0.368 e. The molecule has 8 amide bonds. The number of H-pyrrole nitrogens is 1. The highest BCUT2D eigenvalue weighted by molar-refractivity contribution is 8.76. The monoisotopic (exact) mass is 1200 g/mol. The molecule has 0 saturated carbocycles. The van der Waals surface area contributed by atoms with E-state index in [0.29, 0.717) is 36.1 Å². The van der Waals surface area contributed by atoms with Crippen molar-refractivity contribution in [2.24, 2.45) is 23.1 Å². The molecule has 14 N–H and O–H groups in total. The standard InChI is InChI=1S/C64H74N12O8S2/c1-38(2)56-64(84)75-53(61(81)71-49(57(67)77)31-39-26-27-41-17-9-10-22-44(41)30-39)37-86-85-36-52(74-63(83)55(66)54(42-18-5-3-6-19-42)43-20-7-4-8-21-43)62(82)72-50(32-40-16-15-29-68-34-40)59(79)73-51(33-45-35-69-47-24-12-11-23-46(45)47)60(80)70-48(58(78)76-56)25-13-14-28-65/h3-12,15-24,26-27,29-30,34-35,38,48-56,69H,13-14,25,28,31-33,36-37,65-66H2,1-2H3,(H2,67,77)(H,70,80)(H,71,81)(H,72,82)(H,73,79)(H,74,83)(H,75,84)(H,76,78)/t48-,49-,50-,51+,52+,53-,55-,56-/m0/s1. The Hall–Kier alpha value is -8.57. The van der Waals surface area contributed by atoms with Crippen LogP contribution in [0.4, 0.5) is 0 Å². The maximum absolute atomic E-state index is 15.1. The summed E-state index contributed by atoms with van der Waals surface area (Å²) in [6, 6.07) is 32.1. The molecule has 5 aromatic carbocycles. The number of benzene rings is 5. The highest BCUT2D eigenvalue weighted by atomic mass is 33.1. The fraction of sp³-hybridized carbons (Fsp3) is 0.328. The average molecular weight is 1200 g/mol. The summed E-state index contributed by atoms with van der Waals surface area (Å²) in [5.74, 6) is -7.63. The zero-order valence-corrected chi connectivity index (χ0v) is 49.5. The largest absolute Gasteiger partial charge is 0.368 e. The molecule has 22 heteroatoms. The average Bonchev–Trinajstić information content (AvgIpc) is 2.89. The number of carbonyl (C=O) groups is 8. The van der Waals surface area contributed by atoms with Crippen LogP contribution in [0.3, 0.4) is 0 Å². The summed E-state index contributed by atoms with van der Waals surface area (Å²) in [6.07, 6.45) is 5.65. The first-order valence-electron chi connectivity index (χ1n) is 28.7. The SMILES string of the molecule is CC(C)[C@@H]1NC(=O)[C@H](CCCCN)NC(=O)[C@@H](Cc2c[nH]c3ccccc23)NC(=O)[C@H](Cc2cccnc2)NC(=O)[C@H](NC(=O)[C@@H](N)C(c2ccccc2)c2ccccc2)CSSC[C@@H](C(=O)N[C@@H](Cc2ccc3ccccc3c2)C(N)=O)NC1=O. The minimum atomic E-state index is -1.39. The van der Waals surface area contributed by atoms with Crippen LogP contribution in [0.5, 0.6) is 0 Å². The molecular weight excluding hydrogens is 1130 g/mol. The van der Waals surface area contributed by atoms with Gasteiger partial charge in [-0.05, 0) is 82.4 Å². The van der Waals surface area contributed by atoms with Crippen molar-refractivity contribution in [3.63, 3.8) is 0 Å². The maximum Gasteiger partial charge on any atom is 0.244 e. The van der Waals surface area contributed by atoms with Gasteiger partial charge in [-0.3, -0.25) is 43.3 Å². The van der Waals surface area contributed by atoms with Crippen LogP contribution < -0.4 is 54.4 Å². The van der Waals surface area contributed by atoms with Crippen molar-refractivity contribution in [3.05, 3.63) is 186 Å². The van der Waals surface area contributed by atoms with Crippen molar-refractivity contribution < 1.29 is 38.4 Å². The summed E-state index contributed by atoms with van der Waals surface area (Å²) in [6.45, 7) is 3.71. The summed E-state index contributed by atoms with van der Waals surface area (Å²) in [5, 5.41) is 22.6. The topological polar surface area (TPSA) is 328 Å². The number of rotatable bonds is 19. The molecule has 450 valence electrons. The van der Waals surface area contributed by atoms with E-state index in [0.717, 1.165) is 54.4 Å². The Kier molecular flexibility index (Phi) is 22.9. The lowest BCUT2D eigenvalue weighted by Crippen LogP contribution is -2.62. The number of aromatic nitrogens is 2. The summed E-state index contributed by atoms with van der Waals surface area (Å²) >= 11 is 0. The third kappa shape index (κ3) is 17.3. The highest BCUT2D eigenvalue weighted by Gasteiger charge is 2.37. The van der Waals surface area contributed by atoms with Crippen LogP contribution in [0.25, 0.3) is 21.7 Å². The van der Waals surface area contributed by atoms with Gasteiger partial charge in [0.2, 0.25) is 47.3 Å². The van der Waals surface area contributed by atoms with Crippen molar-refractivity contribution in [1.29, 1.82) is 0 Å². The van der Waals surface area contributed by atoms with E-state index >= 15 is 9.59 Å². The van der Waals surface area contributed by atoms with Gasteiger partial charge < -0.3 is 59.4 Å². The highest BCUT2D eigenvalue weighted by Crippen LogP contribution is 2.29. The summed E-state index contributed by atoms with van der Waals surface area (Å²) in [5.41, 5.74) is 23.0. The molecule has 1 saturated heterocycles. The quantitative estimate of drug-likeness (QED) is 0.0404. The van der Waals surface area contributed by atoms with Crippen molar-refractivity contribution in [3.8, 4) is 0 Å². The van der Waals surface area contributed by atoms with E-state index in [1.807, 2.05) is 127 Å². The Bertz CT molecular complexity index is 3430. The van der Waals surface area contributed by atoms with Gasteiger partial charge in [-0.15, -0.1) is 0 Å². The number of fused-ring (bicyclic) bond motifs is 2. The molecule has 0 radical (unpaired) electrons. The van der Waals surface area contributed by atoms with E-state index in [2.05, 4.69) is 47.2 Å². The second-order valence-electron chi connectivity index (χ2n) is 21.7. The summed E-state index contributed by atoms with van der Waals surface area (Å²) in [7, 11) is 2.16. The van der Waals surface area contributed by atoms with E-state index in [9.17, 15) is 28.8 Å². The molecule has 20 nitrogen and oxygen atoms in total. The van der Waals surface area contributed by atoms with Gasteiger partial charge in [0.05, 0.1) is 6.04 Å². The minimum absolute atomic E-state index is 0.0207. The van der Waals surface area contributed by atoms with Gasteiger partial charge in [-0.2, -0.15) is 0 Å². The number of unbranched alkanes of at least 4 members (excludes halogenated alkanes) is 1. The molecule has 3 heterocycles. The second-order valence-corrected chi connectivity index (χ2v) is 24.2. The predicted molar refractivity (Wildman–Crippen MR) is 336 cm³/mol. The van der Waals surface area contributed by atoms with Crippen LogP contribution in [-0.4, -0.2) is 124 Å². The van der Waals surface area contributed by atoms with Crippen LogP contribution in [-0.2, 0) is 57.6 Å². The lowest BCUT2D eigenvalue weighted by Gasteiger charge is -2.30. The van der Waals surface area contributed by atoms with Crippen molar-refractivity contribution in [1.82, 2.24) is 47.2 Å². The molecule has 1 aliphatic rings. The van der Waals surface area contributed by atoms with Crippen LogP contribution in [0, 0.1) is 5.92 Å². The number of hydrogen-bond acceptors (Lipinski definition) is 13. The van der Waals surface area contributed by atoms with Crippen LogP contribution in [0.15, 0.2) is 158 Å². The maximum atomic E-state index is 15.1. The Morgan fingerprint density at radius 1 is 0.651 bits per heavy atom. The van der Waals surface area contributed by atoms with Crippen molar-refractivity contribution in [2.75, 3.05) is 18.1 Å². The normalized spacial score (nSPS) is 20.2. The van der Waals surface area contributed by atoms with Gasteiger partial charge in [0.1, 0.15) is 42.3 Å². The molecule has 0 bridgehead atoms. The fourth-order valence-electron chi connectivity index (χ4n) is 10.4. The number of pyridine rings is 1. The third-order valence-corrected chi connectivity index (χ3v) is 17.5. The lowest BCUT2D eigenvalue weighted by molar-refractivity contribution is -0.136. The first-order valence-corrected chi connectivity index (χ1v) is 31.2. The Morgan fingerprint density at radius 2 is 1.28 bits per heavy atom. The van der Waals surface area contributed by atoms with Gasteiger partial charge in [0.25, 0.3) is 0 Å². The number of nitrogens with one attached hydrogen (secondary N) is 8. The van der Waals surface area contributed by atoms with Crippen LogP contribution in [0.2, 0.25) is 0 Å². The van der Waals surface area contributed by atoms with Crippen molar-refractivity contribution in [2.45, 2.75) is 107 Å². The molecule has 1 fully saturated rings. The first kappa shape index (κ1) is 63.5. The predicted octanol–water partition coefficient (Wildman–Crippen LogP) is 3.96. The number of nitrogens with zero attached hydrogens (tertiary/aromatic N) is 1. The molecule has 86 heavy (non-hydrogen) atoms. The number of carbonyl (C=O) groups excluding carboxylic acids is 8. The molecule has 0 spiro atoms. The molecule has 1 aliphatic heterocycles. The number of para-hydroxylation sites is 1. The van der Waals surface area contributed by atoms with E-state index in [1.165, 1.54) is 0 Å². The molecule has 0 aliphatic carbocycles. The van der Waals surface area contributed by atoms with Gasteiger partial charge >= 0.3 is 0 Å². The van der Waals surface area contributed by atoms with Gasteiger partial charge in [-0.1, -0.05) is 163 Å². The Balaban J connectivity index is 1.16. The van der Waals surface area contributed by atoms with Crippen LogP contribution in [0.1, 0.15) is 66.8 Å². The van der Waals surface area contributed by atoms with E-state index < -0.39 is 107 Å². The van der Waals surface area contributed by atoms with Gasteiger partial charge in [-0.25, -0.2) is 0 Å². The third-order valence-electron chi connectivity index (χ3n) is 15.1. The molecular formula is C64H74N12O8S2. The second kappa shape index (κ2) is 31.0. The van der Waals surface area contributed by atoms with E-state index in [4.69, 9.17) is 17.2 Å². The zero-order valence-electron chi connectivity index (χ0n) is 47.9. The lowest BCUT2D eigenvalue weighted by atomic mass is 9.85. The van der Waals surface area contributed by atoms with E-state index in [-0.39, 0.29) is 37.2 Å². The molecule has 8 atom stereocenters. The number of primary amides is 1. The van der Waals surface area contributed by atoms with E-state index in [1.54, 1.807) is 44.6 Å². The molecule has 2 aromatic heterocycles. The molecule has 7 aromatic rings. The number of hydrogen-bond donors (Lipinski definition) is 11. The number of nitrogens with two attached hydrogens (primary N) is 3. The Labute approximate surface area is 507 Å².